The van der Waals surface area contributed by atoms with Crippen molar-refractivity contribution in [3.8, 4) is 39.5 Å². The van der Waals surface area contributed by atoms with E-state index >= 15 is 0 Å². The number of benzene rings is 7. The molecule has 0 N–H and O–H groups in total. The van der Waals surface area contributed by atoms with Gasteiger partial charge in [0.15, 0.2) is 0 Å². The Morgan fingerprint density at radius 1 is 0.754 bits per heavy atom. The maximum absolute atomic E-state index is 13.3. The molecule has 9 rings (SSSR count). The second-order valence-electron chi connectivity index (χ2n) is 18.5. The fourth-order valence-electron chi connectivity index (χ4n) is 8.70. The number of thiazole rings is 1. The molecule has 8 aromatic rings. The van der Waals surface area contributed by atoms with Crippen molar-refractivity contribution in [3.05, 3.63) is 149 Å². The number of unbranched alkanes of at least 4 members (excludes halogenated alkanes) is 5. The summed E-state index contributed by atoms with van der Waals surface area (Å²) in [5, 5.41) is 12.5. The minimum absolute atomic E-state index is 0.305. The van der Waals surface area contributed by atoms with Gasteiger partial charge in [-0.1, -0.05) is 137 Å². The number of hydrazone groups is 1. The average Bonchev–Trinajstić information content (AvgIpc) is 3.74. The summed E-state index contributed by atoms with van der Waals surface area (Å²) in [6, 6.07) is 44.9. The van der Waals surface area contributed by atoms with Crippen LogP contribution in [0.5, 0.6) is 17.2 Å². The molecule has 1 unspecified atom stereocenters. The van der Waals surface area contributed by atoms with E-state index in [-0.39, 0.29) is 0 Å². The van der Waals surface area contributed by atoms with Crippen LogP contribution in [0.1, 0.15) is 95.0 Å². The zero-order valence-corrected chi connectivity index (χ0v) is 42.4. The maximum atomic E-state index is 13.3. The molecule has 0 spiro atoms. The minimum Gasteiger partial charge on any atom is -0.494 e. The van der Waals surface area contributed by atoms with Gasteiger partial charge in [-0.05, 0) is 140 Å². The molecule has 1 aromatic heterocycles. The summed E-state index contributed by atoms with van der Waals surface area (Å²) in [6.07, 6.45) is 11.4. The molecule has 1 aliphatic rings. The number of ether oxygens (including phenoxy) is 4. The first-order valence-corrected chi connectivity index (χ1v) is 26.0. The van der Waals surface area contributed by atoms with E-state index in [0.717, 1.165) is 97.3 Å². The van der Waals surface area contributed by atoms with Crippen LogP contribution in [0.3, 0.4) is 0 Å². The second kappa shape index (κ2) is 22.1. The van der Waals surface area contributed by atoms with E-state index in [1.54, 1.807) is 35.6 Å². The Kier molecular flexibility index (Phi) is 15.4. The number of hydrogen-bond donors (Lipinski definition) is 0. The molecule has 0 radical (unpaired) electrons. The van der Waals surface area contributed by atoms with Crippen LogP contribution in [0.2, 0.25) is 0 Å². The van der Waals surface area contributed by atoms with Crippen molar-refractivity contribution in [2.24, 2.45) is 10.5 Å². The summed E-state index contributed by atoms with van der Waals surface area (Å²) in [5.41, 5.74) is 6.99. The van der Waals surface area contributed by atoms with Gasteiger partial charge in [0, 0.05) is 23.9 Å². The third-order valence-electron chi connectivity index (χ3n) is 12.9. The lowest BCUT2D eigenvalue weighted by atomic mass is 9.94. The largest absolute Gasteiger partial charge is 0.494 e. The van der Waals surface area contributed by atoms with Gasteiger partial charge in [0.05, 0.1) is 52.4 Å². The Morgan fingerprint density at radius 3 is 2.26 bits per heavy atom. The second-order valence-corrected chi connectivity index (χ2v) is 20.3. The van der Waals surface area contributed by atoms with Crippen LogP contribution in [0.4, 0.5) is 5.13 Å². The van der Waals surface area contributed by atoms with E-state index < -0.39 is 5.97 Å². The standard InChI is InChI=1S/C59H60BrN3O5S/c1-5-7-8-9-10-13-33-63(58-62-56-51-16-12-11-15-40(51)24-32-53(56)69-58)61-39-46-37-44(21-29-49(46)41-17-25-47(26-18-41)65-6-2)43-22-30-50-45(36-43)23-31-52(55(50)60)68-57(64)42-19-27-48(28-20-42)66-34-14-35-67-54-38-59(54,3)4/h11-12,15-32,36-37,39,54H,5-10,13-14,33-35,38H2,1-4H3/b61-39+. The quantitative estimate of drug-likeness (QED) is 0.0220. The van der Waals surface area contributed by atoms with Gasteiger partial charge < -0.3 is 18.9 Å². The monoisotopic (exact) mass is 1000 g/mol. The van der Waals surface area contributed by atoms with E-state index in [1.165, 1.54) is 31.1 Å². The molecule has 1 atom stereocenters. The first kappa shape index (κ1) is 48.0. The predicted molar refractivity (Wildman–Crippen MR) is 289 cm³/mol. The van der Waals surface area contributed by atoms with Crippen LogP contribution in [0, 0.1) is 5.41 Å². The molecule has 69 heavy (non-hydrogen) atoms. The molecule has 10 heteroatoms. The SMILES string of the molecule is CCCCCCCCN(/N=C/c1cc(-c2ccc3c(Br)c(OC(=O)c4ccc(OCCCOC5CC5(C)C)cc4)ccc3c2)ccc1-c1ccc(OCC)cc1)c1nc2c(ccc3ccccc32)s1. The van der Waals surface area contributed by atoms with Crippen molar-refractivity contribution in [1.29, 1.82) is 0 Å². The van der Waals surface area contributed by atoms with E-state index in [4.69, 9.17) is 29.0 Å². The lowest BCUT2D eigenvalue weighted by Crippen LogP contribution is -2.18. The Hall–Kier alpha value is -6.07. The average molecular weight is 1000 g/mol. The fourth-order valence-corrected chi connectivity index (χ4v) is 10.2. The molecular formula is C59H60BrN3O5S. The molecule has 0 saturated heterocycles. The molecular weight excluding hydrogens is 943 g/mol. The molecule has 1 aliphatic carbocycles. The summed E-state index contributed by atoms with van der Waals surface area (Å²) in [5.74, 6) is 1.55. The fraction of sp³-hybridized carbons (Fsp3) is 0.305. The minimum atomic E-state index is -0.442. The van der Waals surface area contributed by atoms with Crippen LogP contribution in [-0.4, -0.2) is 49.6 Å². The van der Waals surface area contributed by atoms with Gasteiger partial charge in [0.25, 0.3) is 0 Å². The van der Waals surface area contributed by atoms with E-state index in [0.29, 0.717) is 52.9 Å². The van der Waals surface area contributed by atoms with Crippen molar-refractivity contribution >= 4 is 76.3 Å². The number of halogens is 1. The number of carbonyl (C=O) groups excluding carboxylic acids is 1. The highest BCUT2D eigenvalue weighted by Gasteiger charge is 2.46. The van der Waals surface area contributed by atoms with Crippen molar-refractivity contribution in [2.45, 2.75) is 85.2 Å². The van der Waals surface area contributed by atoms with Crippen molar-refractivity contribution < 1.29 is 23.7 Å². The van der Waals surface area contributed by atoms with Crippen LogP contribution in [-0.2, 0) is 4.74 Å². The first-order valence-electron chi connectivity index (χ1n) is 24.4. The van der Waals surface area contributed by atoms with Gasteiger partial charge in [0.1, 0.15) is 17.2 Å². The summed E-state index contributed by atoms with van der Waals surface area (Å²) in [6.45, 7) is 11.3. The third-order valence-corrected chi connectivity index (χ3v) is 14.8. The number of carbonyl (C=O) groups is 1. The zero-order chi connectivity index (χ0) is 47.7. The van der Waals surface area contributed by atoms with Gasteiger partial charge in [-0.15, -0.1) is 0 Å². The van der Waals surface area contributed by atoms with Crippen LogP contribution >= 0.6 is 27.3 Å². The number of anilines is 1. The number of rotatable bonds is 22. The predicted octanol–water partition coefficient (Wildman–Crippen LogP) is 16.1. The highest BCUT2D eigenvalue weighted by atomic mass is 79.9. The van der Waals surface area contributed by atoms with Gasteiger partial charge >= 0.3 is 5.97 Å². The molecule has 1 saturated carbocycles. The smallest absolute Gasteiger partial charge is 0.343 e. The third kappa shape index (κ3) is 11.7. The topological polar surface area (TPSA) is 82.5 Å². The lowest BCUT2D eigenvalue weighted by Gasteiger charge is -2.17. The van der Waals surface area contributed by atoms with Crippen LogP contribution in [0.15, 0.2) is 143 Å². The molecule has 1 heterocycles. The molecule has 0 bridgehead atoms. The Morgan fingerprint density at radius 2 is 1.46 bits per heavy atom. The molecule has 8 nitrogen and oxygen atoms in total. The first-order chi connectivity index (χ1) is 33.7. The summed E-state index contributed by atoms with van der Waals surface area (Å²) in [7, 11) is 0. The van der Waals surface area contributed by atoms with Crippen molar-refractivity contribution in [3.63, 3.8) is 0 Å². The molecule has 1 fully saturated rings. The van der Waals surface area contributed by atoms with E-state index in [2.05, 4.69) is 127 Å². The Labute approximate surface area is 418 Å². The molecule has 0 amide bonds. The highest BCUT2D eigenvalue weighted by Crippen LogP contribution is 2.47. The van der Waals surface area contributed by atoms with Crippen LogP contribution < -0.4 is 19.2 Å². The van der Waals surface area contributed by atoms with E-state index in [9.17, 15) is 4.79 Å². The normalized spacial score (nSPS) is 14.2. The van der Waals surface area contributed by atoms with Gasteiger partial charge in [-0.3, -0.25) is 0 Å². The van der Waals surface area contributed by atoms with Crippen molar-refractivity contribution in [2.75, 3.05) is 31.4 Å². The maximum Gasteiger partial charge on any atom is 0.343 e. The molecule has 7 aromatic carbocycles. The summed E-state index contributed by atoms with van der Waals surface area (Å²) < 4.78 is 25.4. The molecule has 354 valence electrons. The number of aromatic nitrogens is 1. The highest BCUT2D eigenvalue weighted by molar-refractivity contribution is 9.10. The van der Waals surface area contributed by atoms with Gasteiger partial charge in [-0.25, -0.2) is 14.8 Å². The lowest BCUT2D eigenvalue weighted by molar-refractivity contribution is 0.0733. The Bertz CT molecular complexity index is 3070. The van der Waals surface area contributed by atoms with Gasteiger partial charge in [0.2, 0.25) is 5.13 Å². The number of esters is 1. The zero-order valence-electron chi connectivity index (χ0n) is 40.0. The summed E-state index contributed by atoms with van der Waals surface area (Å²) >= 11 is 5.46. The van der Waals surface area contributed by atoms with Crippen LogP contribution in [0.25, 0.3) is 54.0 Å². The van der Waals surface area contributed by atoms with Gasteiger partial charge in [-0.2, -0.15) is 5.10 Å². The Balaban J connectivity index is 0.954. The molecule has 0 aliphatic heterocycles. The number of nitrogens with zero attached hydrogens (tertiary/aromatic N) is 3. The number of hydrogen-bond acceptors (Lipinski definition) is 9. The summed E-state index contributed by atoms with van der Waals surface area (Å²) in [4.78, 5) is 18.6. The van der Waals surface area contributed by atoms with E-state index in [1.807, 2.05) is 37.4 Å². The number of fused-ring (bicyclic) bond motifs is 4. The van der Waals surface area contributed by atoms with Crippen molar-refractivity contribution in [1.82, 2.24) is 4.98 Å².